The van der Waals surface area contributed by atoms with Crippen LogP contribution in [0.15, 0.2) is 46.8 Å². The van der Waals surface area contributed by atoms with Gasteiger partial charge in [0.1, 0.15) is 0 Å². The number of nitrogens with two attached hydrogens (primary N) is 1. The fraction of sp³-hybridized carbons (Fsp3) is 0.400. The van der Waals surface area contributed by atoms with E-state index in [1.807, 2.05) is 0 Å². The van der Waals surface area contributed by atoms with Crippen LogP contribution in [0.1, 0.15) is 25.3 Å². The average molecular weight is 507 g/mol. The van der Waals surface area contributed by atoms with Crippen LogP contribution in [0, 0.1) is 0 Å². The number of nitrogens with one attached hydrogen (secondary N) is 1. The van der Waals surface area contributed by atoms with E-state index >= 15 is 0 Å². The Morgan fingerprint density at radius 1 is 1.18 bits per heavy atom. The number of dihydropyridines is 1. The van der Waals surface area contributed by atoms with Crippen molar-refractivity contribution in [2.24, 2.45) is 5.73 Å². The predicted molar refractivity (Wildman–Crippen MR) is 120 cm³/mol. The summed E-state index contributed by atoms with van der Waals surface area (Å²) in [5.41, 5.74) is 7.70. The van der Waals surface area contributed by atoms with Gasteiger partial charge in [-0.25, -0.2) is 14.2 Å². The summed E-state index contributed by atoms with van der Waals surface area (Å²) < 4.78 is 24.7. The third-order valence-corrected chi connectivity index (χ3v) is 4.61. The molecule has 0 aliphatic carbocycles. The Morgan fingerprint density at radius 3 is 2.30 bits per heavy atom. The Bertz CT molecular complexity index is 950. The minimum atomic E-state index is -4.64. The maximum Gasteiger partial charge on any atom is 0.466 e. The topological polar surface area (TPSA) is 178 Å². The highest BCUT2D eigenvalue weighted by atomic mass is 35.5. The first-order valence-electron chi connectivity index (χ1n) is 9.72. The number of rotatable bonds is 8. The quantitative estimate of drug-likeness (QED) is 0.195. The summed E-state index contributed by atoms with van der Waals surface area (Å²) in [5, 5.41) is 3.52. The fourth-order valence-corrected chi connectivity index (χ4v) is 3.36. The second-order valence-corrected chi connectivity index (χ2v) is 8.01. The van der Waals surface area contributed by atoms with Crippen LogP contribution in [0.5, 0.6) is 0 Å². The van der Waals surface area contributed by atoms with Crippen molar-refractivity contribution in [2.75, 3.05) is 33.5 Å². The molecule has 11 nitrogen and oxygen atoms in total. The molecular weight excluding hydrogens is 479 g/mol. The first kappa shape index (κ1) is 28.8. The van der Waals surface area contributed by atoms with Gasteiger partial charge in [-0.1, -0.05) is 29.8 Å². The molecule has 0 aromatic heterocycles. The van der Waals surface area contributed by atoms with Crippen molar-refractivity contribution in [1.29, 1.82) is 0 Å². The van der Waals surface area contributed by atoms with Crippen molar-refractivity contribution in [2.45, 2.75) is 19.8 Å². The summed E-state index contributed by atoms with van der Waals surface area (Å²) >= 11 is 6.42. The van der Waals surface area contributed by atoms with Gasteiger partial charge < -0.3 is 39.9 Å². The first-order valence-corrected chi connectivity index (χ1v) is 11.7. The number of allylic oxidation sites excluding steroid dienone is 1. The Morgan fingerprint density at radius 2 is 1.79 bits per heavy atom. The number of phosphoric acid groups is 1. The van der Waals surface area contributed by atoms with E-state index in [-0.39, 0.29) is 18.8 Å². The van der Waals surface area contributed by atoms with Crippen LogP contribution in [-0.2, 0) is 28.4 Å². The van der Waals surface area contributed by atoms with E-state index in [2.05, 4.69) is 5.32 Å². The molecule has 0 bridgehead atoms. The van der Waals surface area contributed by atoms with E-state index in [4.69, 9.17) is 50.8 Å². The van der Waals surface area contributed by atoms with Crippen molar-refractivity contribution < 1.29 is 43.0 Å². The van der Waals surface area contributed by atoms with Crippen LogP contribution in [0.4, 0.5) is 0 Å². The van der Waals surface area contributed by atoms with Gasteiger partial charge in [0, 0.05) is 17.3 Å². The molecule has 0 amide bonds. The minimum absolute atomic E-state index is 0.109. The van der Waals surface area contributed by atoms with Crippen molar-refractivity contribution in [1.82, 2.24) is 5.32 Å². The molecular formula is C20H28ClN2O9P. The van der Waals surface area contributed by atoms with Crippen molar-refractivity contribution in [3.05, 3.63) is 57.4 Å². The smallest absolute Gasteiger partial charge is 0.466 e. The largest absolute Gasteiger partial charge is 0.466 e. The zero-order valence-corrected chi connectivity index (χ0v) is 20.1. The lowest BCUT2D eigenvalue weighted by Crippen LogP contribution is -2.35. The number of ether oxygens (including phenoxy) is 3. The summed E-state index contributed by atoms with van der Waals surface area (Å²) in [7, 11) is -3.35. The van der Waals surface area contributed by atoms with Gasteiger partial charge in [-0.15, -0.1) is 0 Å². The normalized spacial score (nSPS) is 15.9. The number of halogens is 1. The number of methoxy groups -OCH3 is 1. The van der Waals surface area contributed by atoms with E-state index in [1.54, 1.807) is 38.1 Å². The third-order valence-electron chi connectivity index (χ3n) is 4.27. The van der Waals surface area contributed by atoms with Gasteiger partial charge in [-0.3, -0.25) is 0 Å². The van der Waals surface area contributed by atoms with Gasteiger partial charge in [-0.2, -0.15) is 0 Å². The molecule has 2 rings (SSSR count). The Balaban J connectivity index is 0.000000981. The summed E-state index contributed by atoms with van der Waals surface area (Å²) in [4.78, 5) is 47.0. The molecule has 1 aliphatic rings. The summed E-state index contributed by atoms with van der Waals surface area (Å²) in [5.74, 6) is -1.86. The number of esters is 2. The number of benzene rings is 1. The molecule has 184 valence electrons. The lowest BCUT2D eigenvalue weighted by molar-refractivity contribution is -0.139. The van der Waals surface area contributed by atoms with E-state index < -0.39 is 25.7 Å². The maximum atomic E-state index is 12.9. The molecule has 1 atom stereocenters. The molecule has 1 heterocycles. The molecule has 0 saturated heterocycles. The summed E-state index contributed by atoms with van der Waals surface area (Å²) in [6.45, 7) is 4.42. The standard InChI is InChI=1S/C20H25ClN2O5.H3O4P/c1-4-28-20(25)18-15(11-27-10-9-22)23-12(2)16(19(24)26-3)17(18)13-7-5-6-8-14(13)21;1-5(2,3)4/h5-8,17,23H,4,9-11,22H2,1-3H3;(H3,1,2,3,4). The second kappa shape index (κ2) is 13.5. The van der Waals surface area contributed by atoms with E-state index in [9.17, 15) is 9.59 Å². The van der Waals surface area contributed by atoms with Crippen LogP contribution in [0.2, 0.25) is 5.02 Å². The molecule has 6 N–H and O–H groups in total. The van der Waals surface area contributed by atoms with Crippen LogP contribution in [0.25, 0.3) is 0 Å². The van der Waals surface area contributed by atoms with Gasteiger partial charge >= 0.3 is 19.8 Å². The van der Waals surface area contributed by atoms with Gasteiger partial charge in [0.25, 0.3) is 0 Å². The fourth-order valence-electron chi connectivity index (χ4n) is 3.12. The van der Waals surface area contributed by atoms with Gasteiger partial charge in [0.15, 0.2) is 0 Å². The Labute approximate surface area is 196 Å². The zero-order valence-electron chi connectivity index (χ0n) is 18.4. The predicted octanol–water partition coefficient (Wildman–Crippen LogP) is 1.34. The minimum Gasteiger partial charge on any atom is -0.466 e. The summed E-state index contributed by atoms with van der Waals surface area (Å²) in [6.07, 6.45) is 0. The number of carbonyl (C=O) groups is 2. The van der Waals surface area contributed by atoms with Crippen LogP contribution in [-0.4, -0.2) is 60.1 Å². The molecule has 13 heteroatoms. The molecule has 0 radical (unpaired) electrons. The number of hydrogen-bond acceptors (Lipinski definition) is 8. The van der Waals surface area contributed by atoms with Crippen molar-refractivity contribution in [3.8, 4) is 0 Å². The van der Waals surface area contributed by atoms with Gasteiger partial charge in [-0.05, 0) is 25.5 Å². The number of hydrogen-bond donors (Lipinski definition) is 5. The third kappa shape index (κ3) is 8.90. The van der Waals surface area contributed by atoms with E-state index in [0.717, 1.165) is 0 Å². The monoisotopic (exact) mass is 506 g/mol. The molecule has 0 fully saturated rings. The SMILES string of the molecule is CCOC(=O)C1=C(COCCN)NC(C)=C(C(=O)OC)C1c1ccccc1Cl.O=P(O)(O)O. The zero-order chi connectivity index (χ0) is 25.2. The van der Waals surface area contributed by atoms with E-state index in [0.29, 0.717) is 40.7 Å². The Hall–Kier alpha value is -2.24. The van der Waals surface area contributed by atoms with Crippen molar-refractivity contribution in [3.63, 3.8) is 0 Å². The lowest BCUT2D eigenvalue weighted by atomic mass is 9.80. The lowest BCUT2D eigenvalue weighted by Gasteiger charge is -2.31. The van der Waals surface area contributed by atoms with Crippen LogP contribution >= 0.6 is 19.4 Å². The molecule has 0 saturated carbocycles. The van der Waals surface area contributed by atoms with Crippen LogP contribution in [0.3, 0.4) is 0 Å². The van der Waals surface area contributed by atoms with Crippen LogP contribution < -0.4 is 11.1 Å². The highest BCUT2D eigenvalue weighted by Crippen LogP contribution is 2.41. The van der Waals surface area contributed by atoms with Crippen molar-refractivity contribution >= 4 is 31.4 Å². The van der Waals surface area contributed by atoms with Gasteiger partial charge in [0.2, 0.25) is 0 Å². The Kier molecular flexibility index (Phi) is 11.7. The second-order valence-electron chi connectivity index (χ2n) is 6.58. The molecule has 1 aliphatic heterocycles. The van der Waals surface area contributed by atoms with E-state index in [1.165, 1.54) is 7.11 Å². The average Bonchev–Trinajstić information content (AvgIpc) is 2.72. The molecule has 33 heavy (non-hydrogen) atoms. The first-order chi connectivity index (χ1) is 15.5. The molecule has 1 aromatic carbocycles. The van der Waals surface area contributed by atoms with Gasteiger partial charge in [0.05, 0.1) is 49.7 Å². The molecule has 0 spiro atoms. The summed E-state index contributed by atoms with van der Waals surface area (Å²) in [6, 6.07) is 7.05. The molecule has 1 aromatic rings. The number of carbonyl (C=O) groups excluding carboxylic acids is 2. The highest BCUT2D eigenvalue weighted by Gasteiger charge is 2.39. The maximum absolute atomic E-state index is 12.9. The molecule has 1 unspecified atom stereocenters. The highest BCUT2D eigenvalue weighted by molar-refractivity contribution is 7.45.